The van der Waals surface area contributed by atoms with Gasteiger partial charge >= 0.3 is 6.18 Å². The summed E-state index contributed by atoms with van der Waals surface area (Å²) in [6.07, 6.45) is 0.488. The van der Waals surface area contributed by atoms with Crippen molar-refractivity contribution in [2.75, 3.05) is 44.3 Å². The molecule has 0 aliphatic carbocycles. The van der Waals surface area contributed by atoms with Gasteiger partial charge in [-0.1, -0.05) is 35.3 Å². The molecule has 7 nitrogen and oxygen atoms in total. The summed E-state index contributed by atoms with van der Waals surface area (Å²) in [5, 5.41) is 3.81. The van der Waals surface area contributed by atoms with Gasteiger partial charge in [0, 0.05) is 37.3 Å². The van der Waals surface area contributed by atoms with Gasteiger partial charge in [0.05, 0.1) is 28.5 Å². The highest BCUT2D eigenvalue weighted by molar-refractivity contribution is 6.42. The molecule has 1 spiro atoms. The Bertz CT molecular complexity index is 1530. The number of likely N-dealkylation sites (tertiary alicyclic amines) is 2. The standard InChI is InChI=1S/C32H33Cl2F3N4O3/c33-25-8-7-22(19-26(25)34)30(10-16-40(20-30)28(42)27-6-2-17-44-27)9-3-13-39-14-11-31(12-15-39)29(43)38-21-41(31)24-5-1-4-23(18-24)32(35,36)37/h1-2,4-8,17-19H,3,9-16,20-21H2,(H,38,43). The van der Waals surface area contributed by atoms with Crippen molar-refractivity contribution < 1.29 is 27.2 Å². The lowest BCUT2D eigenvalue weighted by Crippen LogP contribution is -2.56. The molecule has 6 rings (SSSR count). The molecule has 0 bridgehead atoms. The van der Waals surface area contributed by atoms with Crippen LogP contribution in [-0.4, -0.2) is 66.5 Å². The summed E-state index contributed by atoms with van der Waals surface area (Å²) in [6, 6.07) is 14.2. The number of halogens is 5. The largest absolute Gasteiger partial charge is 0.459 e. The first-order valence-electron chi connectivity index (χ1n) is 14.7. The Morgan fingerprint density at radius 3 is 2.48 bits per heavy atom. The minimum Gasteiger partial charge on any atom is -0.459 e. The summed E-state index contributed by atoms with van der Waals surface area (Å²) in [5.74, 6) is 0.0335. The van der Waals surface area contributed by atoms with E-state index in [2.05, 4.69) is 10.2 Å². The Morgan fingerprint density at radius 2 is 1.77 bits per heavy atom. The van der Waals surface area contributed by atoms with Crippen molar-refractivity contribution in [3.05, 3.63) is 87.8 Å². The molecule has 3 aliphatic heterocycles. The number of hydrogen-bond donors (Lipinski definition) is 1. The van der Waals surface area contributed by atoms with Crippen LogP contribution in [0.15, 0.2) is 65.3 Å². The number of benzene rings is 2. The SMILES string of the molecule is O=C(c1ccco1)N1CCC(CCCN2CCC3(CC2)C(=O)NCN3c2cccc(C(F)(F)F)c2)(c2ccc(Cl)c(Cl)c2)C1. The second-order valence-corrected chi connectivity index (χ2v) is 12.8. The van der Waals surface area contributed by atoms with Crippen LogP contribution in [0.25, 0.3) is 0 Å². The van der Waals surface area contributed by atoms with Gasteiger partial charge in [-0.3, -0.25) is 9.59 Å². The normalized spacial score (nSPS) is 22.2. The summed E-state index contributed by atoms with van der Waals surface area (Å²) in [4.78, 5) is 32.1. The fourth-order valence-electron chi connectivity index (χ4n) is 7.07. The van der Waals surface area contributed by atoms with Crippen molar-refractivity contribution >= 4 is 40.7 Å². The molecule has 1 unspecified atom stereocenters. The lowest BCUT2D eigenvalue weighted by atomic mass is 9.76. The molecule has 3 aliphatic rings. The molecule has 1 N–H and O–H groups in total. The third kappa shape index (κ3) is 5.79. The highest BCUT2D eigenvalue weighted by Gasteiger charge is 2.50. The third-order valence-electron chi connectivity index (χ3n) is 9.54. The number of nitrogens with one attached hydrogen (secondary N) is 1. The maximum Gasteiger partial charge on any atom is 0.416 e. The van der Waals surface area contributed by atoms with E-state index in [9.17, 15) is 22.8 Å². The van der Waals surface area contributed by atoms with E-state index >= 15 is 0 Å². The molecular formula is C32H33Cl2F3N4O3. The van der Waals surface area contributed by atoms with Gasteiger partial charge in [-0.25, -0.2) is 0 Å². The highest BCUT2D eigenvalue weighted by Crippen LogP contribution is 2.42. The van der Waals surface area contributed by atoms with Crippen LogP contribution in [0.2, 0.25) is 10.0 Å². The predicted molar refractivity (Wildman–Crippen MR) is 162 cm³/mol. The van der Waals surface area contributed by atoms with Crippen LogP contribution >= 0.6 is 23.2 Å². The first kappa shape index (κ1) is 30.8. The van der Waals surface area contributed by atoms with E-state index < -0.39 is 17.3 Å². The maximum absolute atomic E-state index is 13.4. The van der Waals surface area contributed by atoms with Crippen molar-refractivity contribution in [1.29, 1.82) is 0 Å². The zero-order valence-corrected chi connectivity index (χ0v) is 25.5. The number of nitrogens with zero attached hydrogens (tertiary/aromatic N) is 3. The number of rotatable bonds is 7. The molecule has 234 valence electrons. The Morgan fingerprint density at radius 1 is 0.977 bits per heavy atom. The van der Waals surface area contributed by atoms with Crippen molar-refractivity contribution in [1.82, 2.24) is 15.1 Å². The van der Waals surface area contributed by atoms with Crippen LogP contribution in [0.1, 0.15) is 53.8 Å². The molecule has 3 fully saturated rings. The molecule has 3 aromatic rings. The average Bonchev–Trinajstić information content (AvgIpc) is 3.76. The number of piperidine rings is 1. The fourth-order valence-corrected chi connectivity index (χ4v) is 7.37. The molecule has 0 radical (unpaired) electrons. The van der Waals surface area contributed by atoms with Gasteiger partial charge in [-0.2, -0.15) is 13.2 Å². The Hall–Kier alpha value is -3.21. The molecule has 2 amide bonds. The van der Waals surface area contributed by atoms with Crippen LogP contribution in [-0.2, 0) is 16.4 Å². The van der Waals surface area contributed by atoms with Crippen LogP contribution in [0.5, 0.6) is 0 Å². The summed E-state index contributed by atoms with van der Waals surface area (Å²) in [6.45, 7) is 3.37. The van der Waals surface area contributed by atoms with E-state index in [4.69, 9.17) is 27.6 Å². The number of hydrogen-bond acceptors (Lipinski definition) is 5. The molecule has 3 saturated heterocycles. The monoisotopic (exact) mass is 648 g/mol. The van der Waals surface area contributed by atoms with Gasteiger partial charge < -0.3 is 24.4 Å². The average molecular weight is 650 g/mol. The Balaban J connectivity index is 1.12. The van der Waals surface area contributed by atoms with Gasteiger partial charge in [0.2, 0.25) is 5.91 Å². The number of carbonyl (C=O) groups excluding carboxylic acids is 2. The Labute approximate surface area is 263 Å². The fraction of sp³-hybridized carbons (Fsp3) is 0.438. The number of alkyl halides is 3. The number of anilines is 1. The molecule has 2 aromatic carbocycles. The van der Waals surface area contributed by atoms with Gasteiger partial charge in [0.25, 0.3) is 5.91 Å². The minimum atomic E-state index is -4.46. The van der Waals surface area contributed by atoms with Gasteiger partial charge in [0.1, 0.15) is 5.54 Å². The summed E-state index contributed by atoms with van der Waals surface area (Å²) < 4.78 is 45.6. The number of carbonyl (C=O) groups is 2. The van der Waals surface area contributed by atoms with Crippen molar-refractivity contribution in [3.8, 4) is 0 Å². The Kier molecular flexibility index (Phi) is 8.36. The molecule has 4 heterocycles. The quantitative estimate of drug-likeness (QED) is 0.313. The van der Waals surface area contributed by atoms with Gasteiger partial charge in [0.15, 0.2) is 5.76 Å². The molecule has 0 saturated carbocycles. The van der Waals surface area contributed by atoms with Crippen LogP contribution in [0.3, 0.4) is 0 Å². The van der Waals surface area contributed by atoms with E-state index in [0.717, 1.165) is 43.5 Å². The summed E-state index contributed by atoms with van der Waals surface area (Å²) >= 11 is 12.6. The van der Waals surface area contributed by atoms with E-state index in [1.165, 1.54) is 12.3 Å². The summed E-state index contributed by atoms with van der Waals surface area (Å²) in [5.41, 5.74) is -0.475. The van der Waals surface area contributed by atoms with Crippen LogP contribution < -0.4 is 10.2 Å². The number of amides is 2. The van der Waals surface area contributed by atoms with E-state index in [1.54, 1.807) is 29.2 Å². The third-order valence-corrected chi connectivity index (χ3v) is 10.3. The molecule has 1 atom stereocenters. The zero-order chi connectivity index (χ0) is 31.1. The second-order valence-electron chi connectivity index (χ2n) is 12.0. The van der Waals surface area contributed by atoms with Gasteiger partial charge in [-0.15, -0.1) is 0 Å². The molecule has 12 heteroatoms. The zero-order valence-electron chi connectivity index (χ0n) is 24.0. The lowest BCUT2D eigenvalue weighted by molar-refractivity contribution is -0.137. The summed E-state index contributed by atoms with van der Waals surface area (Å²) in [7, 11) is 0. The van der Waals surface area contributed by atoms with E-state index in [1.807, 2.05) is 17.0 Å². The molecular weight excluding hydrogens is 616 g/mol. The van der Waals surface area contributed by atoms with E-state index in [-0.39, 0.29) is 23.9 Å². The molecule has 44 heavy (non-hydrogen) atoms. The smallest absolute Gasteiger partial charge is 0.416 e. The van der Waals surface area contributed by atoms with Gasteiger partial charge in [-0.05, 0) is 86.7 Å². The van der Waals surface area contributed by atoms with Crippen molar-refractivity contribution in [2.45, 2.75) is 49.2 Å². The van der Waals surface area contributed by atoms with Crippen molar-refractivity contribution in [2.24, 2.45) is 0 Å². The second kappa shape index (κ2) is 11.9. The van der Waals surface area contributed by atoms with Crippen molar-refractivity contribution in [3.63, 3.8) is 0 Å². The first-order chi connectivity index (χ1) is 21.0. The predicted octanol–water partition coefficient (Wildman–Crippen LogP) is 6.60. The first-order valence-corrected chi connectivity index (χ1v) is 15.5. The minimum absolute atomic E-state index is 0.139. The number of furan rings is 1. The lowest BCUT2D eigenvalue weighted by Gasteiger charge is -2.43. The van der Waals surface area contributed by atoms with Crippen LogP contribution in [0, 0.1) is 0 Å². The highest BCUT2D eigenvalue weighted by atomic mass is 35.5. The molecule has 1 aromatic heterocycles. The van der Waals surface area contributed by atoms with E-state index in [0.29, 0.717) is 60.5 Å². The maximum atomic E-state index is 13.4. The topological polar surface area (TPSA) is 69.0 Å². The van der Waals surface area contributed by atoms with Crippen LogP contribution in [0.4, 0.5) is 18.9 Å².